The molecule has 144 valence electrons. The van der Waals surface area contributed by atoms with E-state index in [0.29, 0.717) is 17.1 Å². The Morgan fingerprint density at radius 1 is 0.966 bits per heavy atom. The smallest absolute Gasteiger partial charge is 0.137 e. The first kappa shape index (κ1) is 21.2. The van der Waals surface area contributed by atoms with Crippen molar-refractivity contribution in [3.8, 4) is 12.1 Å². The van der Waals surface area contributed by atoms with Crippen LogP contribution in [0, 0.1) is 22.7 Å². The van der Waals surface area contributed by atoms with Crippen LogP contribution in [0.4, 0.5) is 5.69 Å². The molecule has 0 saturated heterocycles. The monoisotopic (exact) mass is 382 g/mol. The van der Waals surface area contributed by atoms with E-state index in [1.807, 2.05) is 85.8 Å². The van der Waals surface area contributed by atoms with Gasteiger partial charge in [-0.3, -0.25) is 4.98 Å². The molecule has 0 spiro atoms. The van der Waals surface area contributed by atoms with Gasteiger partial charge in [-0.15, -0.1) is 0 Å². The lowest BCUT2D eigenvalue weighted by atomic mass is 10.1. The normalized spacial score (nSPS) is 12.4. The van der Waals surface area contributed by atoms with Crippen LogP contribution in [-0.4, -0.2) is 19.1 Å². The Morgan fingerprint density at radius 3 is 2.10 bits per heavy atom. The summed E-state index contributed by atoms with van der Waals surface area (Å²) < 4.78 is 5.61. The third kappa shape index (κ3) is 6.86. The Labute approximate surface area is 171 Å². The number of ether oxygens (including phenoxy) is 1. The standard InChI is InChI=1S/C19H17N3O.C5H5N/c1-14-10-16(17(12-20)13-21)11-19(23-14)9-6-15-4-7-18(8-5-15)22(2)3;1-2-4-6-5-3-1/h4-11H,1-3H3;1-5H. The second-order valence-electron chi connectivity index (χ2n) is 6.30. The molecule has 0 saturated carbocycles. The summed E-state index contributed by atoms with van der Waals surface area (Å²) >= 11 is 0. The maximum absolute atomic E-state index is 8.98. The molecule has 2 heterocycles. The van der Waals surface area contributed by atoms with Gasteiger partial charge in [-0.1, -0.05) is 24.3 Å². The zero-order valence-electron chi connectivity index (χ0n) is 16.7. The molecule has 0 bridgehead atoms. The zero-order chi connectivity index (χ0) is 21.1. The fourth-order valence-electron chi connectivity index (χ4n) is 2.41. The van der Waals surface area contributed by atoms with Crippen LogP contribution in [0.3, 0.4) is 0 Å². The van der Waals surface area contributed by atoms with E-state index in [9.17, 15) is 0 Å². The average Bonchev–Trinajstić information content (AvgIpc) is 2.75. The summed E-state index contributed by atoms with van der Waals surface area (Å²) in [5.41, 5.74) is 2.82. The minimum Gasteiger partial charge on any atom is -0.462 e. The quantitative estimate of drug-likeness (QED) is 0.698. The van der Waals surface area contributed by atoms with Crippen LogP contribution in [-0.2, 0) is 4.74 Å². The van der Waals surface area contributed by atoms with Crippen molar-refractivity contribution in [2.45, 2.75) is 6.92 Å². The van der Waals surface area contributed by atoms with E-state index in [4.69, 9.17) is 15.3 Å². The Kier molecular flexibility index (Phi) is 7.98. The summed E-state index contributed by atoms with van der Waals surface area (Å²) in [6, 6.07) is 17.6. The molecule has 0 atom stereocenters. The third-order valence-corrected chi connectivity index (χ3v) is 3.86. The van der Waals surface area contributed by atoms with Crippen molar-refractivity contribution in [2.75, 3.05) is 19.0 Å². The highest BCUT2D eigenvalue weighted by Gasteiger charge is 2.10. The van der Waals surface area contributed by atoms with Crippen LogP contribution in [0.5, 0.6) is 0 Å². The highest BCUT2D eigenvalue weighted by atomic mass is 16.5. The van der Waals surface area contributed by atoms with E-state index >= 15 is 0 Å². The first-order valence-corrected chi connectivity index (χ1v) is 8.96. The van der Waals surface area contributed by atoms with Gasteiger partial charge in [-0.25, -0.2) is 0 Å². The van der Waals surface area contributed by atoms with E-state index in [2.05, 4.69) is 4.98 Å². The van der Waals surface area contributed by atoms with Crippen molar-refractivity contribution < 1.29 is 4.74 Å². The van der Waals surface area contributed by atoms with Gasteiger partial charge in [0, 0.05) is 37.7 Å². The molecule has 1 aliphatic rings. The summed E-state index contributed by atoms with van der Waals surface area (Å²) in [5, 5.41) is 18.0. The molecule has 0 N–H and O–H groups in total. The van der Waals surface area contributed by atoms with E-state index < -0.39 is 0 Å². The van der Waals surface area contributed by atoms with Crippen LogP contribution >= 0.6 is 0 Å². The minimum atomic E-state index is 0.0777. The first-order chi connectivity index (χ1) is 14.0. The summed E-state index contributed by atoms with van der Waals surface area (Å²) in [7, 11) is 3.99. The Bertz CT molecular complexity index is 973. The molecule has 0 aliphatic carbocycles. The second kappa shape index (κ2) is 10.9. The Balaban J connectivity index is 0.000000426. The van der Waals surface area contributed by atoms with Crippen LogP contribution in [0.1, 0.15) is 12.5 Å². The number of nitrogens with zero attached hydrogens (tertiary/aromatic N) is 4. The Hall–Kier alpha value is -4.09. The van der Waals surface area contributed by atoms with Gasteiger partial charge in [0.25, 0.3) is 0 Å². The molecule has 1 aromatic heterocycles. The highest BCUT2D eigenvalue weighted by Crippen LogP contribution is 2.23. The largest absolute Gasteiger partial charge is 0.462 e. The van der Waals surface area contributed by atoms with E-state index in [1.165, 1.54) is 0 Å². The predicted octanol–water partition coefficient (Wildman–Crippen LogP) is 5.01. The summed E-state index contributed by atoms with van der Waals surface area (Å²) in [5.74, 6) is 1.24. The molecule has 0 fully saturated rings. The SMILES string of the molecule is CC1=CC(=C(C#N)C#N)C=C(C=Cc2ccc(N(C)C)cc2)O1.c1ccncc1. The third-order valence-electron chi connectivity index (χ3n) is 3.86. The lowest BCUT2D eigenvalue weighted by molar-refractivity contribution is 0.318. The summed E-state index contributed by atoms with van der Waals surface area (Å²) in [6.45, 7) is 1.79. The molecule has 1 aliphatic heterocycles. The fraction of sp³-hybridized carbons (Fsp3) is 0.125. The second-order valence-corrected chi connectivity index (χ2v) is 6.30. The van der Waals surface area contributed by atoms with Crippen LogP contribution in [0.25, 0.3) is 6.08 Å². The fourth-order valence-corrected chi connectivity index (χ4v) is 2.41. The maximum Gasteiger partial charge on any atom is 0.137 e. The van der Waals surface area contributed by atoms with Gasteiger partial charge in [0.05, 0.1) is 0 Å². The van der Waals surface area contributed by atoms with Gasteiger partial charge in [0.15, 0.2) is 0 Å². The summed E-state index contributed by atoms with van der Waals surface area (Å²) in [4.78, 5) is 5.82. The number of rotatable bonds is 3. The topological polar surface area (TPSA) is 72.9 Å². The number of hydrogen-bond donors (Lipinski definition) is 0. The number of aromatic nitrogens is 1. The molecule has 0 amide bonds. The molecule has 1 aromatic carbocycles. The van der Waals surface area contributed by atoms with Crippen LogP contribution < -0.4 is 4.90 Å². The molecule has 5 nitrogen and oxygen atoms in total. The lowest BCUT2D eigenvalue weighted by Crippen LogP contribution is -2.07. The number of anilines is 1. The van der Waals surface area contributed by atoms with Crippen molar-refractivity contribution in [2.24, 2.45) is 0 Å². The molecular formula is C24H22N4O. The van der Waals surface area contributed by atoms with Gasteiger partial charge < -0.3 is 9.64 Å². The molecular weight excluding hydrogens is 360 g/mol. The molecule has 3 rings (SSSR count). The first-order valence-electron chi connectivity index (χ1n) is 8.96. The van der Waals surface area contributed by atoms with Crippen molar-refractivity contribution in [3.05, 3.63) is 101 Å². The van der Waals surface area contributed by atoms with Gasteiger partial charge in [-0.05, 0) is 55.0 Å². The molecule has 29 heavy (non-hydrogen) atoms. The molecule has 2 aromatic rings. The van der Waals surface area contributed by atoms with Crippen LogP contribution in [0.2, 0.25) is 0 Å². The number of nitriles is 2. The average molecular weight is 382 g/mol. The highest BCUT2D eigenvalue weighted by molar-refractivity contribution is 5.59. The number of benzene rings is 1. The van der Waals surface area contributed by atoms with Gasteiger partial charge in [0.1, 0.15) is 29.2 Å². The lowest BCUT2D eigenvalue weighted by Gasteiger charge is -2.13. The summed E-state index contributed by atoms with van der Waals surface area (Å²) in [6.07, 6.45) is 10.6. The Morgan fingerprint density at radius 2 is 1.62 bits per heavy atom. The number of hydrogen-bond acceptors (Lipinski definition) is 5. The van der Waals surface area contributed by atoms with Crippen molar-refractivity contribution in [3.63, 3.8) is 0 Å². The van der Waals surface area contributed by atoms with Gasteiger partial charge in [0.2, 0.25) is 0 Å². The van der Waals surface area contributed by atoms with E-state index in [1.54, 1.807) is 31.5 Å². The van der Waals surface area contributed by atoms with E-state index in [-0.39, 0.29) is 5.57 Å². The van der Waals surface area contributed by atoms with Gasteiger partial charge in [-0.2, -0.15) is 10.5 Å². The van der Waals surface area contributed by atoms with Gasteiger partial charge >= 0.3 is 0 Å². The number of allylic oxidation sites excluding steroid dienone is 6. The molecule has 0 unspecified atom stereocenters. The molecule has 0 radical (unpaired) electrons. The zero-order valence-corrected chi connectivity index (χ0v) is 16.7. The number of pyridine rings is 1. The van der Waals surface area contributed by atoms with Crippen molar-refractivity contribution in [1.29, 1.82) is 10.5 Å². The van der Waals surface area contributed by atoms with Crippen molar-refractivity contribution >= 4 is 11.8 Å². The maximum atomic E-state index is 8.98. The van der Waals surface area contributed by atoms with Crippen molar-refractivity contribution in [1.82, 2.24) is 4.98 Å². The van der Waals surface area contributed by atoms with E-state index in [0.717, 1.165) is 11.3 Å². The predicted molar refractivity (Wildman–Crippen MR) is 115 cm³/mol. The van der Waals surface area contributed by atoms with Crippen LogP contribution in [0.15, 0.2) is 95.8 Å². The molecule has 5 heteroatoms. The minimum absolute atomic E-state index is 0.0777.